The summed E-state index contributed by atoms with van der Waals surface area (Å²) in [5.74, 6) is 1.58. The molecule has 1 aromatic heterocycles. The van der Waals surface area contributed by atoms with Crippen molar-refractivity contribution in [3.8, 4) is 16.9 Å². The zero-order valence-corrected chi connectivity index (χ0v) is 20.0. The van der Waals surface area contributed by atoms with E-state index in [0.717, 1.165) is 41.9 Å². The van der Waals surface area contributed by atoms with Crippen molar-refractivity contribution in [2.75, 3.05) is 34.8 Å². The lowest BCUT2D eigenvalue weighted by Crippen LogP contribution is -2.45. The summed E-state index contributed by atoms with van der Waals surface area (Å²) in [5.41, 5.74) is 3.26. The summed E-state index contributed by atoms with van der Waals surface area (Å²) in [7, 11) is 0. The molecule has 5 rings (SSSR count). The average molecular weight is 472 g/mol. The number of Topliss-reactive ketones (excluding diaryl/α,β-unsaturated/α-hetero) is 1. The number of aromatic nitrogens is 2. The Bertz CT molecular complexity index is 1220. The van der Waals surface area contributed by atoms with Gasteiger partial charge in [-0.25, -0.2) is 14.8 Å². The summed E-state index contributed by atoms with van der Waals surface area (Å²) < 4.78 is 6.21. The number of benzene rings is 2. The van der Waals surface area contributed by atoms with E-state index in [-0.39, 0.29) is 23.8 Å². The molecule has 2 unspecified atom stereocenters. The van der Waals surface area contributed by atoms with Gasteiger partial charge in [0.1, 0.15) is 17.6 Å². The van der Waals surface area contributed by atoms with Crippen LogP contribution >= 0.6 is 0 Å². The number of hydrogen-bond donors (Lipinski definition) is 1. The summed E-state index contributed by atoms with van der Waals surface area (Å²) >= 11 is 0. The van der Waals surface area contributed by atoms with Gasteiger partial charge in [0.05, 0.1) is 12.2 Å². The first-order valence-electron chi connectivity index (χ1n) is 12.0. The van der Waals surface area contributed by atoms with E-state index in [2.05, 4.69) is 20.2 Å². The van der Waals surface area contributed by atoms with Crippen molar-refractivity contribution in [3.05, 3.63) is 60.9 Å². The normalized spacial score (nSPS) is 19.1. The predicted octanol–water partition coefficient (Wildman–Crippen LogP) is 4.77. The molecular weight excluding hydrogens is 442 g/mol. The van der Waals surface area contributed by atoms with Crippen LogP contribution in [0.1, 0.15) is 26.7 Å². The maximum atomic E-state index is 13.1. The summed E-state index contributed by atoms with van der Waals surface area (Å²) in [4.78, 5) is 37.7. The molecule has 2 aliphatic rings. The number of ether oxygens (including phenoxy) is 1. The molecule has 0 aliphatic carbocycles. The number of para-hydroxylation sites is 1. The molecule has 0 bridgehead atoms. The Morgan fingerprint density at radius 3 is 2.51 bits per heavy atom. The highest BCUT2D eigenvalue weighted by molar-refractivity contribution is 6.03. The number of fused-ring (bicyclic) bond motifs is 1. The standard InChI is InChI=1S/C27H29N5O3/c1-3-23-17-32(27(34)30-22-7-5-4-6-8-22)24-10-9-19(13-25(24)35-23)21-14-28-26(29-15-21)31-12-11-20(16-31)18(2)33/h4-10,13-15,20,23H,3,11-12,16-17H2,1-2H3,(H,30,34). The Labute approximate surface area is 204 Å². The predicted molar refractivity (Wildman–Crippen MR) is 136 cm³/mol. The van der Waals surface area contributed by atoms with Crippen LogP contribution in [0.4, 0.5) is 22.1 Å². The van der Waals surface area contributed by atoms with Crippen molar-refractivity contribution in [1.82, 2.24) is 9.97 Å². The number of urea groups is 1. The van der Waals surface area contributed by atoms with Crippen LogP contribution in [0.2, 0.25) is 0 Å². The molecule has 3 aromatic rings. The summed E-state index contributed by atoms with van der Waals surface area (Å²) in [5, 5.41) is 2.97. The number of amides is 2. The summed E-state index contributed by atoms with van der Waals surface area (Å²) in [6.07, 6.45) is 5.13. The fourth-order valence-corrected chi connectivity index (χ4v) is 4.55. The number of nitrogens with one attached hydrogen (secondary N) is 1. The molecule has 35 heavy (non-hydrogen) atoms. The van der Waals surface area contributed by atoms with E-state index >= 15 is 0 Å². The molecule has 0 saturated carbocycles. The van der Waals surface area contributed by atoms with E-state index in [1.165, 1.54) is 0 Å². The van der Waals surface area contributed by atoms with Crippen molar-refractivity contribution in [2.24, 2.45) is 5.92 Å². The van der Waals surface area contributed by atoms with Gasteiger partial charge in [0, 0.05) is 42.7 Å². The maximum absolute atomic E-state index is 13.1. The van der Waals surface area contributed by atoms with E-state index in [4.69, 9.17) is 4.74 Å². The van der Waals surface area contributed by atoms with Gasteiger partial charge in [-0.15, -0.1) is 0 Å². The molecule has 2 atom stereocenters. The smallest absolute Gasteiger partial charge is 0.326 e. The first kappa shape index (κ1) is 22.8. The Kier molecular flexibility index (Phi) is 6.35. The van der Waals surface area contributed by atoms with Crippen LogP contribution < -0.4 is 19.9 Å². The Morgan fingerprint density at radius 2 is 1.83 bits per heavy atom. The third-order valence-corrected chi connectivity index (χ3v) is 6.67. The lowest BCUT2D eigenvalue weighted by atomic mass is 10.1. The zero-order valence-electron chi connectivity index (χ0n) is 20.0. The number of carbonyl (C=O) groups excluding carboxylic acids is 2. The fraction of sp³-hybridized carbons (Fsp3) is 0.333. The molecule has 0 spiro atoms. The first-order chi connectivity index (χ1) is 17.0. The van der Waals surface area contributed by atoms with Crippen LogP contribution in [-0.4, -0.2) is 47.5 Å². The second kappa shape index (κ2) is 9.74. The second-order valence-corrected chi connectivity index (χ2v) is 9.05. The van der Waals surface area contributed by atoms with Gasteiger partial charge in [-0.1, -0.05) is 31.2 Å². The lowest BCUT2D eigenvalue weighted by molar-refractivity contribution is -0.120. The number of carbonyl (C=O) groups is 2. The number of anilines is 3. The summed E-state index contributed by atoms with van der Waals surface area (Å²) in [6, 6.07) is 15.1. The number of ketones is 1. The molecule has 3 heterocycles. The van der Waals surface area contributed by atoms with E-state index in [1.807, 2.05) is 55.5 Å². The molecule has 1 saturated heterocycles. The van der Waals surface area contributed by atoms with E-state index in [0.29, 0.717) is 24.8 Å². The minimum absolute atomic E-state index is 0.0598. The van der Waals surface area contributed by atoms with Gasteiger partial charge in [-0.2, -0.15) is 0 Å². The number of hydrogen-bond acceptors (Lipinski definition) is 6. The topological polar surface area (TPSA) is 87.7 Å². The van der Waals surface area contributed by atoms with E-state index < -0.39 is 0 Å². The third-order valence-electron chi connectivity index (χ3n) is 6.67. The second-order valence-electron chi connectivity index (χ2n) is 9.05. The van der Waals surface area contributed by atoms with Gasteiger partial charge in [-0.05, 0) is 49.6 Å². The van der Waals surface area contributed by atoms with Crippen LogP contribution in [-0.2, 0) is 4.79 Å². The van der Waals surface area contributed by atoms with Crippen molar-refractivity contribution >= 4 is 29.1 Å². The quantitative estimate of drug-likeness (QED) is 0.577. The minimum Gasteiger partial charge on any atom is -0.486 e. The van der Waals surface area contributed by atoms with E-state index in [1.54, 1.807) is 24.2 Å². The highest BCUT2D eigenvalue weighted by atomic mass is 16.5. The van der Waals surface area contributed by atoms with Crippen molar-refractivity contribution in [3.63, 3.8) is 0 Å². The largest absolute Gasteiger partial charge is 0.486 e. The van der Waals surface area contributed by atoms with Gasteiger partial charge in [0.25, 0.3) is 0 Å². The Morgan fingerprint density at radius 1 is 1.06 bits per heavy atom. The molecule has 2 amide bonds. The molecule has 2 aromatic carbocycles. The highest BCUT2D eigenvalue weighted by Crippen LogP contribution is 2.38. The van der Waals surface area contributed by atoms with Crippen molar-refractivity contribution in [2.45, 2.75) is 32.8 Å². The Hall–Kier alpha value is -3.94. The van der Waals surface area contributed by atoms with Crippen LogP contribution in [0.3, 0.4) is 0 Å². The molecule has 1 fully saturated rings. The maximum Gasteiger partial charge on any atom is 0.326 e. The minimum atomic E-state index is -0.186. The van der Waals surface area contributed by atoms with Crippen LogP contribution in [0.25, 0.3) is 11.1 Å². The number of nitrogens with zero attached hydrogens (tertiary/aromatic N) is 4. The van der Waals surface area contributed by atoms with Crippen molar-refractivity contribution < 1.29 is 14.3 Å². The molecule has 0 radical (unpaired) electrons. The van der Waals surface area contributed by atoms with Crippen LogP contribution in [0.5, 0.6) is 5.75 Å². The van der Waals surface area contributed by atoms with Crippen LogP contribution in [0, 0.1) is 5.92 Å². The average Bonchev–Trinajstić information content (AvgIpc) is 3.39. The van der Waals surface area contributed by atoms with E-state index in [9.17, 15) is 9.59 Å². The lowest BCUT2D eigenvalue weighted by Gasteiger charge is -2.34. The number of rotatable bonds is 5. The van der Waals surface area contributed by atoms with Gasteiger partial charge in [0.15, 0.2) is 0 Å². The van der Waals surface area contributed by atoms with Gasteiger partial charge >= 0.3 is 6.03 Å². The molecule has 180 valence electrons. The van der Waals surface area contributed by atoms with Gasteiger partial charge in [-0.3, -0.25) is 9.69 Å². The SMILES string of the molecule is CCC1CN(C(=O)Nc2ccccc2)c2ccc(-c3cnc(N4CCC(C(C)=O)C4)nc3)cc2O1. The van der Waals surface area contributed by atoms with Gasteiger partial charge in [0.2, 0.25) is 5.95 Å². The van der Waals surface area contributed by atoms with Crippen molar-refractivity contribution in [1.29, 1.82) is 0 Å². The third kappa shape index (κ3) is 4.82. The summed E-state index contributed by atoms with van der Waals surface area (Å²) in [6.45, 7) is 5.63. The molecular formula is C27H29N5O3. The monoisotopic (exact) mass is 471 g/mol. The molecule has 2 aliphatic heterocycles. The first-order valence-corrected chi connectivity index (χ1v) is 12.0. The zero-order chi connectivity index (χ0) is 24.4. The molecule has 8 nitrogen and oxygen atoms in total. The molecule has 8 heteroatoms. The van der Waals surface area contributed by atoms with Gasteiger partial charge < -0.3 is 15.0 Å². The Balaban J connectivity index is 1.36. The van der Waals surface area contributed by atoms with Crippen LogP contribution in [0.15, 0.2) is 60.9 Å². The highest BCUT2D eigenvalue weighted by Gasteiger charge is 2.30. The fourth-order valence-electron chi connectivity index (χ4n) is 4.55. The molecule has 1 N–H and O–H groups in total.